The zero-order chi connectivity index (χ0) is 11.5. The molecule has 1 aromatic carbocycles. The topological polar surface area (TPSA) is 38.9 Å². The summed E-state index contributed by atoms with van der Waals surface area (Å²) in [5.41, 5.74) is 6.70. The molecule has 16 heavy (non-hydrogen) atoms. The average Bonchev–Trinajstić information content (AvgIpc) is 2.77. The number of halogens is 1. The molecule has 0 aliphatic rings. The number of aromatic nitrogens is 1. The number of benzene rings is 1. The van der Waals surface area contributed by atoms with E-state index < -0.39 is 0 Å². The second-order valence-electron chi connectivity index (χ2n) is 3.71. The molecule has 84 valence electrons. The van der Waals surface area contributed by atoms with Gasteiger partial charge in [0.1, 0.15) is 5.01 Å². The summed E-state index contributed by atoms with van der Waals surface area (Å²) in [6.07, 6.45) is 1.90. The minimum absolute atomic E-state index is 0.366. The Balaban J connectivity index is 2.31. The zero-order valence-electron chi connectivity index (χ0n) is 8.98. The fraction of sp³-hybridized carbons (Fsp3) is 0.250. The molecule has 0 bridgehead atoms. The van der Waals surface area contributed by atoms with Gasteiger partial charge in [-0.25, -0.2) is 4.98 Å². The van der Waals surface area contributed by atoms with E-state index in [0.717, 1.165) is 15.6 Å². The van der Waals surface area contributed by atoms with E-state index in [1.165, 1.54) is 4.88 Å². The molecule has 0 saturated carbocycles. The molecule has 0 aliphatic heterocycles. The van der Waals surface area contributed by atoms with E-state index in [4.69, 9.17) is 17.3 Å². The molecule has 2 aromatic rings. The Bertz CT molecular complexity index is 481. The maximum Gasteiger partial charge on any atom is 0.123 e. The van der Waals surface area contributed by atoms with E-state index in [2.05, 4.69) is 11.9 Å². The largest absolute Gasteiger partial charge is 0.330 e. The van der Waals surface area contributed by atoms with E-state index in [1.807, 2.05) is 30.5 Å². The van der Waals surface area contributed by atoms with Crippen LogP contribution in [0.1, 0.15) is 17.7 Å². The Hall–Kier alpha value is -0.900. The summed E-state index contributed by atoms with van der Waals surface area (Å²) in [5.74, 6) is 0.366. The lowest BCUT2D eigenvalue weighted by Crippen LogP contribution is -2.07. The van der Waals surface area contributed by atoms with Gasteiger partial charge in [0.2, 0.25) is 0 Å². The Morgan fingerprint density at radius 1 is 1.50 bits per heavy atom. The molecule has 0 radical (unpaired) electrons. The standard InChI is InChI=1S/C12H13ClN2S/c1-8(6-14)11-7-15-12(16-11)9-3-2-4-10(13)5-9/h2-5,7-8H,6,14H2,1H3. The van der Waals surface area contributed by atoms with E-state index in [1.54, 1.807) is 11.3 Å². The van der Waals surface area contributed by atoms with Crippen molar-refractivity contribution in [2.45, 2.75) is 12.8 Å². The van der Waals surface area contributed by atoms with Gasteiger partial charge in [-0.2, -0.15) is 0 Å². The van der Waals surface area contributed by atoms with E-state index in [0.29, 0.717) is 12.5 Å². The molecule has 4 heteroatoms. The number of rotatable bonds is 3. The van der Waals surface area contributed by atoms with Gasteiger partial charge in [-0.1, -0.05) is 30.7 Å². The van der Waals surface area contributed by atoms with Crippen LogP contribution in [0.25, 0.3) is 10.6 Å². The minimum atomic E-state index is 0.366. The first-order valence-corrected chi connectivity index (χ1v) is 6.32. The van der Waals surface area contributed by atoms with Crippen LogP contribution in [0, 0.1) is 0 Å². The first kappa shape index (κ1) is 11.6. The van der Waals surface area contributed by atoms with Crippen molar-refractivity contribution in [1.29, 1.82) is 0 Å². The SMILES string of the molecule is CC(CN)c1cnc(-c2cccc(Cl)c2)s1. The highest BCUT2D eigenvalue weighted by molar-refractivity contribution is 7.15. The van der Waals surface area contributed by atoms with Crippen molar-refractivity contribution in [1.82, 2.24) is 4.98 Å². The molecular weight excluding hydrogens is 240 g/mol. The van der Waals surface area contributed by atoms with Gasteiger partial charge in [0.05, 0.1) is 0 Å². The van der Waals surface area contributed by atoms with Crippen molar-refractivity contribution >= 4 is 22.9 Å². The molecule has 2 rings (SSSR count). The third kappa shape index (κ3) is 2.43. The third-order valence-corrected chi connectivity index (χ3v) is 3.95. The zero-order valence-corrected chi connectivity index (χ0v) is 10.6. The molecule has 0 aliphatic carbocycles. The average molecular weight is 253 g/mol. The van der Waals surface area contributed by atoms with Gasteiger partial charge in [-0.05, 0) is 18.7 Å². The van der Waals surface area contributed by atoms with Gasteiger partial charge in [-0.15, -0.1) is 11.3 Å². The molecule has 1 atom stereocenters. The fourth-order valence-corrected chi connectivity index (χ4v) is 2.55. The number of hydrogen-bond donors (Lipinski definition) is 1. The van der Waals surface area contributed by atoms with Crippen LogP contribution in [0.5, 0.6) is 0 Å². The van der Waals surface area contributed by atoms with Gasteiger partial charge >= 0.3 is 0 Å². The molecule has 0 amide bonds. The van der Waals surface area contributed by atoms with Crippen molar-refractivity contribution in [3.8, 4) is 10.6 Å². The summed E-state index contributed by atoms with van der Waals surface area (Å²) in [6.45, 7) is 2.76. The van der Waals surface area contributed by atoms with Crippen LogP contribution in [0.4, 0.5) is 0 Å². The summed E-state index contributed by atoms with van der Waals surface area (Å²) in [7, 11) is 0. The van der Waals surface area contributed by atoms with Crippen LogP contribution >= 0.6 is 22.9 Å². The number of thiazole rings is 1. The molecule has 1 aromatic heterocycles. The lowest BCUT2D eigenvalue weighted by Gasteiger charge is -2.02. The van der Waals surface area contributed by atoms with Crippen LogP contribution < -0.4 is 5.73 Å². The summed E-state index contributed by atoms with van der Waals surface area (Å²) >= 11 is 7.63. The van der Waals surface area contributed by atoms with Crippen molar-refractivity contribution in [3.63, 3.8) is 0 Å². The van der Waals surface area contributed by atoms with Crippen LogP contribution in [0.2, 0.25) is 5.02 Å². The first-order chi connectivity index (χ1) is 7.70. The van der Waals surface area contributed by atoms with Crippen molar-refractivity contribution in [3.05, 3.63) is 40.4 Å². The summed E-state index contributed by atoms with van der Waals surface area (Å²) in [6, 6.07) is 7.74. The second kappa shape index (κ2) is 4.95. The highest BCUT2D eigenvalue weighted by Gasteiger charge is 2.09. The summed E-state index contributed by atoms with van der Waals surface area (Å²) in [4.78, 5) is 5.62. The number of nitrogens with zero attached hydrogens (tertiary/aromatic N) is 1. The maximum absolute atomic E-state index is 5.95. The van der Waals surface area contributed by atoms with Gasteiger partial charge in [0, 0.05) is 27.6 Å². The Morgan fingerprint density at radius 2 is 2.31 bits per heavy atom. The molecule has 0 spiro atoms. The highest BCUT2D eigenvalue weighted by atomic mass is 35.5. The van der Waals surface area contributed by atoms with Gasteiger partial charge in [0.25, 0.3) is 0 Å². The Kier molecular flexibility index (Phi) is 3.59. The normalized spacial score (nSPS) is 12.7. The Labute approximate surface area is 104 Å². The highest BCUT2D eigenvalue weighted by Crippen LogP contribution is 2.30. The van der Waals surface area contributed by atoms with Gasteiger partial charge < -0.3 is 5.73 Å². The molecule has 1 heterocycles. The molecule has 2 nitrogen and oxygen atoms in total. The van der Waals surface area contributed by atoms with Crippen LogP contribution in [0.3, 0.4) is 0 Å². The van der Waals surface area contributed by atoms with Crippen molar-refractivity contribution in [2.75, 3.05) is 6.54 Å². The van der Waals surface area contributed by atoms with Crippen LogP contribution in [0.15, 0.2) is 30.5 Å². The molecular formula is C12H13ClN2S. The third-order valence-electron chi connectivity index (χ3n) is 2.43. The predicted molar refractivity (Wildman–Crippen MR) is 70.0 cm³/mol. The van der Waals surface area contributed by atoms with E-state index in [-0.39, 0.29) is 0 Å². The lowest BCUT2D eigenvalue weighted by atomic mass is 10.2. The smallest absolute Gasteiger partial charge is 0.123 e. The summed E-state index contributed by atoms with van der Waals surface area (Å²) in [5, 5.41) is 1.74. The van der Waals surface area contributed by atoms with Crippen LogP contribution in [-0.2, 0) is 0 Å². The molecule has 2 N–H and O–H groups in total. The number of nitrogens with two attached hydrogens (primary N) is 1. The lowest BCUT2D eigenvalue weighted by molar-refractivity contribution is 0.787. The van der Waals surface area contributed by atoms with E-state index in [9.17, 15) is 0 Å². The quantitative estimate of drug-likeness (QED) is 0.908. The minimum Gasteiger partial charge on any atom is -0.330 e. The monoisotopic (exact) mass is 252 g/mol. The second-order valence-corrected chi connectivity index (χ2v) is 5.21. The van der Waals surface area contributed by atoms with E-state index >= 15 is 0 Å². The predicted octanol–water partition coefficient (Wildman–Crippen LogP) is 3.53. The Morgan fingerprint density at radius 3 is 3.00 bits per heavy atom. The van der Waals surface area contributed by atoms with Crippen molar-refractivity contribution < 1.29 is 0 Å². The number of hydrogen-bond acceptors (Lipinski definition) is 3. The summed E-state index contributed by atoms with van der Waals surface area (Å²) < 4.78 is 0. The van der Waals surface area contributed by atoms with Gasteiger partial charge in [0.15, 0.2) is 0 Å². The fourth-order valence-electron chi connectivity index (χ4n) is 1.39. The molecule has 0 saturated heterocycles. The van der Waals surface area contributed by atoms with Crippen molar-refractivity contribution in [2.24, 2.45) is 5.73 Å². The molecule has 1 unspecified atom stereocenters. The molecule has 0 fully saturated rings. The first-order valence-electron chi connectivity index (χ1n) is 5.12. The maximum atomic E-state index is 5.95. The van der Waals surface area contributed by atoms with Crippen LogP contribution in [-0.4, -0.2) is 11.5 Å². The van der Waals surface area contributed by atoms with Gasteiger partial charge in [-0.3, -0.25) is 0 Å².